The molecule has 0 saturated carbocycles. The van der Waals surface area contributed by atoms with Crippen molar-refractivity contribution in [3.63, 3.8) is 0 Å². The Morgan fingerprint density at radius 1 is 1.10 bits per heavy atom. The highest BCUT2D eigenvalue weighted by Gasteiger charge is 2.31. The number of carbonyl (C=O) groups is 1. The minimum atomic E-state index is -4.48. The van der Waals surface area contributed by atoms with Crippen molar-refractivity contribution >= 4 is 23.2 Å². The molecule has 1 heterocycles. The molecule has 1 unspecified atom stereocenters. The van der Waals surface area contributed by atoms with E-state index in [-0.39, 0.29) is 22.5 Å². The number of nitrogens with one attached hydrogen (secondary N) is 2. The maximum atomic E-state index is 12.8. The van der Waals surface area contributed by atoms with Crippen LogP contribution >= 0.6 is 11.6 Å². The molecule has 0 radical (unpaired) electrons. The van der Waals surface area contributed by atoms with Crippen molar-refractivity contribution in [2.45, 2.75) is 32.5 Å². The van der Waals surface area contributed by atoms with Crippen molar-refractivity contribution in [2.24, 2.45) is 5.92 Å². The van der Waals surface area contributed by atoms with Gasteiger partial charge in [-0.15, -0.1) is 0 Å². The van der Waals surface area contributed by atoms with Crippen LogP contribution in [0.4, 0.5) is 18.9 Å². The van der Waals surface area contributed by atoms with Crippen molar-refractivity contribution < 1.29 is 27.4 Å². The second-order valence-corrected chi connectivity index (χ2v) is 7.98. The Balaban J connectivity index is 1.59. The molecule has 1 aliphatic rings. The zero-order valence-electron chi connectivity index (χ0n) is 17.2. The number of amides is 1. The fourth-order valence-electron chi connectivity index (χ4n) is 3.19. The van der Waals surface area contributed by atoms with E-state index < -0.39 is 17.8 Å². The van der Waals surface area contributed by atoms with Crippen molar-refractivity contribution in [3.8, 4) is 11.5 Å². The summed E-state index contributed by atoms with van der Waals surface area (Å²) in [5.41, 5.74) is 0.424. The molecule has 1 amide bonds. The normalized spacial score (nSPS) is 14.3. The van der Waals surface area contributed by atoms with E-state index in [1.165, 1.54) is 6.07 Å². The molecule has 0 bridgehead atoms. The third kappa shape index (κ3) is 5.97. The van der Waals surface area contributed by atoms with Gasteiger partial charge in [-0.1, -0.05) is 31.5 Å². The summed E-state index contributed by atoms with van der Waals surface area (Å²) in [4.78, 5) is 12.7. The van der Waals surface area contributed by atoms with Gasteiger partial charge in [0.1, 0.15) is 19.3 Å². The Morgan fingerprint density at radius 2 is 1.81 bits per heavy atom. The van der Waals surface area contributed by atoms with Gasteiger partial charge in [-0.05, 0) is 48.2 Å². The van der Waals surface area contributed by atoms with Crippen LogP contribution in [-0.4, -0.2) is 31.7 Å². The minimum absolute atomic E-state index is 0.0930. The molecular formula is C22H24ClF3N2O3. The molecule has 3 rings (SSSR count). The average Bonchev–Trinajstić information content (AvgIpc) is 2.71. The van der Waals surface area contributed by atoms with Gasteiger partial charge in [0.25, 0.3) is 0 Å². The van der Waals surface area contributed by atoms with E-state index in [1.807, 2.05) is 32.0 Å². The number of alkyl halides is 3. The number of anilines is 1. The number of halogens is 4. The fraction of sp³-hybridized carbons (Fsp3) is 0.409. The lowest BCUT2D eigenvalue weighted by Crippen LogP contribution is -2.43. The number of rotatable bonds is 7. The van der Waals surface area contributed by atoms with Gasteiger partial charge >= 0.3 is 6.18 Å². The molecule has 31 heavy (non-hydrogen) atoms. The van der Waals surface area contributed by atoms with E-state index in [4.69, 9.17) is 21.1 Å². The van der Waals surface area contributed by atoms with E-state index in [1.54, 1.807) is 0 Å². The predicted molar refractivity (Wildman–Crippen MR) is 113 cm³/mol. The van der Waals surface area contributed by atoms with Gasteiger partial charge in [0.15, 0.2) is 11.5 Å². The van der Waals surface area contributed by atoms with Crippen molar-refractivity contribution in [3.05, 3.63) is 52.5 Å². The molecule has 0 aromatic heterocycles. The third-order valence-electron chi connectivity index (χ3n) is 4.88. The van der Waals surface area contributed by atoms with Gasteiger partial charge < -0.3 is 20.1 Å². The number of ether oxygens (including phenoxy) is 2. The maximum Gasteiger partial charge on any atom is 0.416 e. The molecule has 2 aromatic rings. The van der Waals surface area contributed by atoms with Gasteiger partial charge in [0, 0.05) is 6.54 Å². The van der Waals surface area contributed by atoms with E-state index in [0.29, 0.717) is 37.7 Å². The first-order chi connectivity index (χ1) is 14.6. The Labute approximate surface area is 183 Å². The largest absolute Gasteiger partial charge is 0.486 e. The predicted octanol–water partition coefficient (Wildman–Crippen LogP) is 4.93. The number of hydrogen-bond acceptors (Lipinski definition) is 4. The second kappa shape index (κ2) is 9.68. The first-order valence-corrected chi connectivity index (χ1v) is 10.3. The quantitative estimate of drug-likeness (QED) is 0.620. The van der Waals surface area contributed by atoms with Gasteiger partial charge in [0.05, 0.1) is 16.3 Å². The van der Waals surface area contributed by atoms with Crippen molar-refractivity contribution in [1.82, 2.24) is 5.32 Å². The Kier molecular flexibility index (Phi) is 7.20. The molecule has 2 N–H and O–H groups in total. The average molecular weight is 457 g/mol. The monoisotopic (exact) mass is 456 g/mol. The molecule has 5 nitrogen and oxygen atoms in total. The molecule has 0 saturated heterocycles. The molecular weight excluding hydrogens is 433 g/mol. The van der Waals surface area contributed by atoms with E-state index in [2.05, 4.69) is 10.6 Å². The van der Waals surface area contributed by atoms with E-state index in [0.717, 1.165) is 17.7 Å². The zero-order chi connectivity index (χ0) is 22.6. The summed E-state index contributed by atoms with van der Waals surface area (Å²) in [5, 5.41) is 5.75. The summed E-state index contributed by atoms with van der Waals surface area (Å²) >= 11 is 6.02. The lowest BCUT2D eigenvalue weighted by molar-refractivity contribution is -0.137. The number of benzene rings is 2. The highest BCUT2D eigenvalue weighted by Crippen LogP contribution is 2.34. The van der Waals surface area contributed by atoms with E-state index in [9.17, 15) is 18.0 Å². The first-order valence-electron chi connectivity index (χ1n) is 9.94. The van der Waals surface area contributed by atoms with Crippen LogP contribution in [0.1, 0.15) is 25.0 Å². The third-order valence-corrected chi connectivity index (χ3v) is 5.19. The standard InChI is InChI=1S/C22H24ClF3N2O3/c1-13(2)20(28-17-5-4-15(12-16(17)23)22(24,25)26)21(29)27-8-7-14-3-6-18-19(11-14)31-10-9-30-18/h3-6,11-13,20,28H,7-10H2,1-2H3,(H,27,29). The smallest absolute Gasteiger partial charge is 0.416 e. The van der Waals surface area contributed by atoms with E-state index >= 15 is 0 Å². The zero-order valence-corrected chi connectivity index (χ0v) is 17.9. The summed E-state index contributed by atoms with van der Waals surface area (Å²) in [6, 6.07) is 8.02. The molecule has 9 heteroatoms. The Bertz CT molecular complexity index is 935. The second-order valence-electron chi connectivity index (χ2n) is 7.58. The topological polar surface area (TPSA) is 59.6 Å². The molecule has 0 fully saturated rings. The van der Waals surface area contributed by atoms with Crippen LogP contribution in [0, 0.1) is 5.92 Å². The molecule has 0 aliphatic carbocycles. The van der Waals surface area contributed by atoms with Crippen LogP contribution in [0.3, 0.4) is 0 Å². The van der Waals surface area contributed by atoms with Crippen molar-refractivity contribution in [2.75, 3.05) is 25.1 Å². The summed E-state index contributed by atoms with van der Waals surface area (Å²) in [6.07, 6.45) is -3.89. The highest BCUT2D eigenvalue weighted by molar-refractivity contribution is 6.33. The molecule has 2 aromatic carbocycles. The highest BCUT2D eigenvalue weighted by atomic mass is 35.5. The number of fused-ring (bicyclic) bond motifs is 1. The van der Waals surface area contributed by atoms with Gasteiger partial charge in [-0.3, -0.25) is 4.79 Å². The fourth-order valence-corrected chi connectivity index (χ4v) is 3.43. The number of carbonyl (C=O) groups excluding carboxylic acids is 1. The Morgan fingerprint density at radius 3 is 2.45 bits per heavy atom. The van der Waals surface area contributed by atoms with Gasteiger partial charge in [-0.25, -0.2) is 0 Å². The van der Waals surface area contributed by atoms with Crippen molar-refractivity contribution in [1.29, 1.82) is 0 Å². The molecule has 1 aliphatic heterocycles. The lowest BCUT2D eigenvalue weighted by atomic mass is 10.0. The maximum absolute atomic E-state index is 12.8. The van der Waals surface area contributed by atoms with Crippen LogP contribution in [0.5, 0.6) is 11.5 Å². The first kappa shape index (κ1) is 23.1. The van der Waals surface area contributed by atoms with Crippen LogP contribution in [0.15, 0.2) is 36.4 Å². The van der Waals surface area contributed by atoms with Crippen LogP contribution in [0.2, 0.25) is 5.02 Å². The van der Waals surface area contributed by atoms with Crippen LogP contribution < -0.4 is 20.1 Å². The summed E-state index contributed by atoms with van der Waals surface area (Å²) < 4.78 is 49.6. The van der Waals surface area contributed by atoms with Gasteiger partial charge in [-0.2, -0.15) is 13.2 Å². The molecule has 1 atom stereocenters. The lowest BCUT2D eigenvalue weighted by Gasteiger charge is -2.24. The summed E-state index contributed by atoms with van der Waals surface area (Å²) in [7, 11) is 0. The summed E-state index contributed by atoms with van der Waals surface area (Å²) in [5.74, 6) is 1.02. The Hall–Kier alpha value is -2.61. The van der Waals surface area contributed by atoms with Crippen LogP contribution in [0.25, 0.3) is 0 Å². The number of hydrogen-bond donors (Lipinski definition) is 2. The minimum Gasteiger partial charge on any atom is -0.486 e. The SMILES string of the molecule is CC(C)C(Nc1ccc(C(F)(F)F)cc1Cl)C(=O)NCCc1ccc2c(c1)OCCO2. The van der Waals surface area contributed by atoms with Gasteiger partial charge in [0.2, 0.25) is 5.91 Å². The molecule has 168 valence electrons. The van der Waals surface area contributed by atoms with Crippen LogP contribution in [-0.2, 0) is 17.4 Å². The summed E-state index contributed by atoms with van der Waals surface area (Å²) in [6.45, 7) is 5.10. The molecule has 0 spiro atoms.